The van der Waals surface area contributed by atoms with Gasteiger partial charge in [0.25, 0.3) is 0 Å². The second-order valence-corrected chi connectivity index (χ2v) is 5.71. The van der Waals surface area contributed by atoms with Gasteiger partial charge in [0.1, 0.15) is 11.8 Å². The molecule has 0 amide bonds. The number of carbonyl (C=O) groups excluding carboxylic acids is 1. The van der Waals surface area contributed by atoms with Crippen molar-refractivity contribution >= 4 is 23.7 Å². The third kappa shape index (κ3) is 3.97. The van der Waals surface area contributed by atoms with E-state index in [0.717, 1.165) is 4.90 Å². The Bertz CT molecular complexity index is 474. The first kappa shape index (κ1) is 13.9. The van der Waals surface area contributed by atoms with Gasteiger partial charge in [0.2, 0.25) is 0 Å². The number of hydrogen-bond acceptors (Lipinski definition) is 5. The van der Waals surface area contributed by atoms with Crippen LogP contribution in [0.4, 0.5) is 0 Å². The van der Waals surface area contributed by atoms with E-state index in [-0.39, 0.29) is 11.2 Å². The van der Waals surface area contributed by atoms with Gasteiger partial charge in [0.05, 0.1) is 0 Å². The zero-order valence-corrected chi connectivity index (χ0v) is 11.3. The van der Waals surface area contributed by atoms with E-state index in [1.807, 2.05) is 12.1 Å². The number of aliphatic carboxylic acids is 1. The second kappa shape index (κ2) is 6.08. The summed E-state index contributed by atoms with van der Waals surface area (Å²) in [4.78, 5) is 22.6. The standard InChI is InChI=1S/C13H15NO4S/c1-8(15)18-9-2-4-10(5-3-9)19-11-6-12(13(16)17)14-7-11/h2-5,11-12,14H,6-7H2,1H3,(H,16,17)/t11-,12-/m0/s1. The summed E-state index contributed by atoms with van der Waals surface area (Å²) in [5.74, 6) is -0.622. The smallest absolute Gasteiger partial charge is 0.320 e. The van der Waals surface area contributed by atoms with E-state index < -0.39 is 12.0 Å². The first-order valence-corrected chi connectivity index (χ1v) is 6.84. The molecule has 1 aliphatic heterocycles. The summed E-state index contributed by atoms with van der Waals surface area (Å²) in [5.41, 5.74) is 0. The molecule has 1 aromatic rings. The lowest BCUT2D eigenvalue weighted by Gasteiger charge is -2.08. The van der Waals surface area contributed by atoms with Crippen molar-refractivity contribution in [3.05, 3.63) is 24.3 Å². The molecule has 6 heteroatoms. The molecule has 19 heavy (non-hydrogen) atoms. The van der Waals surface area contributed by atoms with Crippen LogP contribution in [0.5, 0.6) is 5.75 Å². The molecule has 1 fully saturated rings. The molecule has 0 spiro atoms. The Labute approximate surface area is 115 Å². The van der Waals surface area contributed by atoms with Gasteiger partial charge in [-0.3, -0.25) is 9.59 Å². The average molecular weight is 281 g/mol. The van der Waals surface area contributed by atoms with Gasteiger partial charge in [0, 0.05) is 23.6 Å². The minimum atomic E-state index is -0.798. The fourth-order valence-electron chi connectivity index (χ4n) is 1.93. The van der Waals surface area contributed by atoms with Gasteiger partial charge >= 0.3 is 11.9 Å². The van der Waals surface area contributed by atoms with E-state index in [9.17, 15) is 9.59 Å². The number of thioether (sulfide) groups is 1. The van der Waals surface area contributed by atoms with Gasteiger partial charge in [-0.2, -0.15) is 0 Å². The van der Waals surface area contributed by atoms with Crippen molar-refractivity contribution in [1.82, 2.24) is 5.32 Å². The Morgan fingerprint density at radius 2 is 2.05 bits per heavy atom. The van der Waals surface area contributed by atoms with Gasteiger partial charge in [-0.15, -0.1) is 11.8 Å². The lowest BCUT2D eigenvalue weighted by Crippen LogP contribution is -2.29. The molecule has 2 rings (SSSR count). The molecular formula is C13H15NO4S. The lowest BCUT2D eigenvalue weighted by molar-refractivity contribution is -0.139. The molecule has 5 nitrogen and oxygen atoms in total. The van der Waals surface area contributed by atoms with Crippen molar-refractivity contribution in [2.24, 2.45) is 0 Å². The van der Waals surface area contributed by atoms with E-state index in [0.29, 0.717) is 18.7 Å². The molecule has 102 valence electrons. The number of carboxylic acid groups (broad SMARTS) is 1. The molecule has 1 aromatic carbocycles. The lowest BCUT2D eigenvalue weighted by atomic mass is 10.2. The monoisotopic (exact) mass is 281 g/mol. The Hall–Kier alpha value is -1.53. The number of nitrogens with one attached hydrogen (secondary N) is 1. The average Bonchev–Trinajstić information content (AvgIpc) is 2.80. The number of carbonyl (C=O) groups is 2. The minimum Gasteiger partial charge on any atom is -0.480 e. The van der Waals surface area contributed by atoms with E-state index in [1.165, 1.54) is 6.92 Å². The SMILES string of the molecule is CC(=O)Oc1ccc(S[C@@H]2CN[C@H](C(=O)O)C2)cc1. The largest absolute Gasteiger partial charge is 0.480 e. The van der Waals surface area contributed by atoms with Crippen molar-refractivity contribution in [3.63, 3.8) is 0 Å². The molecule has 0 aromatic heterocycles. The minimum absolute atomic E-state index is 0.251. The molecule has 1 saturated heterocycles. The summed E-state index contributed by atoms with van der Waals surface area (Å²) in [6.07, 6.45) is 0.617. The van der Waals surface area contributed by atoms with E-state index in [2.05, 4.69) is 5.32 Å². The molecule has 1 aliphatic rings. The number of esters is 1. The molecule has 0 aliphatic carbocycles. The summed E-state index contributed by atoms with van der Waals surface area (Å²) in [7, 11) is 0. The van der Waals surface area contributed by atoms with Crippen LogP contribution >= 0.6 is 11.8 Å². The summed E-state index contributed by atoms with van der Waals surface area (Å²) in [6.45, 7) is 2.05. The third-order valence-electron chi connectivity index (χ3n) is 2.78. The number of ether oxygens (including phenoxy) is 1. The quantitative estimate of drug-likeness (QED) is 0.644. The van der Waals surface area contributed by atoms with Crippen LogP contribution in [0.25, 0.3) is 0 Å². The topological polar surface area (TPSA) is 75.6 Å². The highest BCUT2D eigenvalue weighted by atomic mass is 32.2. The molecule has 0 bridgehead atoms. The van der Waals surface area contributed by atoms with Crippen LogP contribution in [0.15, 0.2) is 29.2 Å². The van der Waals surface area contributed by atoms with Crippen LogP contribution in [0.1, 0.15) is 13.3 Å². The van der Waals surface area contributed by atoms with E-state index >= 15 is 0 Å². The van der Waals surface area contributed by atoms with E-state index in [1.54, 1.807) is 23.9 Å². The highest BCUT2D eigenvalue weighted by Gasteiger charge is 2.29. The molecule has 0 saturated carbocycles. The van der Waals surface area contributed by atoms with Gasteiger partial charge in [0.15, 0.2) is 0 Å². The maximum absolute atomic E-state index is 10.8. The van der Waals surface area contributed by atoms with Gasteiger partial charge < -0.3 is 15.2 Å². The second-order valence-electron chi connectivity index (χ2n) is 4.34. The summed E-state index contributed by atoms with van der Waals surface area (Å²) in [5, 5.41) is 12.1. The molecule has 2 N–H and O–H groups in total. The molecule has 2 atom stereocenters. The van der Waals surface area contributed by atoms with Crippen LogP contribution < -0.4 is 10.1 Å². The Balaban J connectivity index is 1.90. The molecule has 0 radical (unpaired) electrons. The maximum Gasteiger partial charge on any atom is 0.320 e. The third-order valence-corrected chi connectivity index (χ3v) is 4.01. The normalized spacial score (nSPS) is 22.2. The van der Waals surface area contributed by atoms with Crippen LogP contribution in [0.2, 0.25) is 0 Å². The van der Waals surface area contributed by atoms with Crippen molar-refractivity contribution in [3.8, 4) is 5.75 Å². The van der Waals surface area contributed by atoms with Crippen molar-refractivity contribution < 1.29 is 19.4 Å². The van der Waals surface area contributed by atoms with Crippen LogP contribution in [-0.4, -0.2) is 34.9 Å². The summed E-state index contributed by atoms with van der Waals surface area (Å²) >= 11 is 1.63. The van der Waals surface area contributed by atoms with Crippen molar-refractivity contribution in [2.45, 2.75) is 29.5 Å². The number of carboxylic acids is 1. The Morgan fingerprint density at radius 3 is 2.58 bits per heavy atom. The highest BCUT2D eigenvalue weighted by Crippen LogP contribution is 2.30. The maximum atomic E-state index is 10.8. The fraction of sp³-hybridized carbons (Fsp3) is 0.385. The fourth-order valence-corrected chi connectivity index (χ4v) is 3.07. The van der Waals surface area contributed by atoms with Crippen molar-refractivity contribution in [1.29, 1.82) is 0 Å². The van der Waals surface area contributed by atoms with Crippen LogP contribution in [0.3, 0.4) is 0 Å². The number of rotatable bonds is 4. The zero-order chi connectivity index (χ0) is 13.8. The Morgan fingerprint density at radius 1 is 1.37 bits per heavy atom. The number of hydrogen-bond donors (Lipinski definition) is 2. The molecule has 1 heterocycles. The molecule has 0 unspecified atom stereocenters. The van der Waals surface area contributed by atoms with Crippen molar-refractivity contribution in [2.75, 3.05) is 6.54 Å². The summed E-state index contributed by atoms with van der Waals surface area (Å²) < 4.78 is 4.95. The molecular weight excluding hydrogens is 266 g/mol. The van der Waals surface area contributed by atoms with Gasteiger partial charge in [-0.25, -0.2) is 0 Å². The first-order valence-electron chi connectivity index (χ1n) is 5.96. The number of benzene rings is 1. The van der Waals surface area contributed by atoms with Gasteiger partial charge in [-0.1, -0.05) is 0 Å². The van der Waals surface area contributed by atoms with Crippen LogP contribution in [0, 0.1) is 0 Å². The zero-order valence-electron chi connectivity index (χ0n) is 10.5. The highest BCUT2D eigenvalue weighted by molar-refractivity contribution is 8.00. The first-order chi connectivity index (χ1) is 9.04. The summed E-state index contributed by atoms with van der Waals surface area (Å²) in [6, 6.07) is 6.77. The van der Waals surface area contributed by atoms with E-state index in [4.69, 9.17) is 9.84 Å². The Kier molecular flexibility index (Phi) is 4.44. The van der Waals surface area contributed by atoms with Crippen LogP contribution in [-0.2, 0) is 9.59 Å². The predicted octanol–water partition coefficient (Wildman–Crippen LogP) is 1.52. The van der Waals surface area contributed by atoms with Gasteiger partial charge in [-0.05, 0) is 30.7 Å². The predicted molar refractivity (Wildman–Crippen MR) is 71.4 cm³/mol.